The van der Waals surface area contributed by atoms with Gasteiger partial charge in [0, 0.05) is 24.0 Å². The lowest BCUT2D eigenvalue weighted by Crippen LogP contribution is -2.43. The molecule has 110 valence electrons. The fraction of sp³-hybridized carbons (Fsp3) is 0.533. The summed E-state index contributed by atoms with van der Waals surface area (Å²) in [6, 6.07) is 8.26. The Bertz CT molecular complexity index is 444. The van der Waals surface area contributed by atoms with Crippen LogP contribution in [-0.4, -0.2) is 42.2 Å². The Morgan fingerprint density at radius 1 is 1.40 bits per heavy atom. The zero-order valence-electron chi connectivity index (χ0n) is 12.0. The first-order valence-electron chi connectivity index (χ1n) is 7.18. The van der Waals surface area contributed by atoms with Crippen molar-refractivity contribution in [2.75, 3.05) is 30.7 Å². The molecule has 0 saturated carbocycles. The lowest BCUT2D eigenvalue weighted by atomic mass is 10.1. The zero-order valence-corrected chi connectivity index (χ0v) is 12.8. The minimum Gasteiger partial charge on any atom is -0.328 e. The number of amides is 1. The maximum Gasteiger partial charge on any atom is 0.238 e. The number of benzene rings is 1. The maximum atomic E-state index is 12.1. The summed E-state index contributed by atoms with van der Waals surface area (Å²) in [5.41, 5.74) is 6.79. The molecule has 0 bridgehead atoms. The summed E-state index contributed by atoms with van der Waals surface area (Å²) in [7, 11) is 0. The van der Waals surface area contributed by atoms with Crippen LogP contribution in [0.4, 0.5) is 5.69 Å². The number of anilines is 1. The van der Waals surface area contributed by atoms with Crippen LogP contribution in [0.2, 0.25) is 0 Å². The van der Waals surface area contributed by atoms with Gasteiger partial charge in [-0.3, -0.25) is 9.69 Å². The van der Waals surface area contributed by atoms with Crippen LogP contribution < -0.4 is 11.1 Å². The summed E-state index contributed by atoms with van der Waals surface area (Å²) >= 11 is 1.75. The van der Waals surface area contributed by atoms with Gasteiger partial charge in [0.1, 0.15) is 0 Å². The predicted octanol–water partition coefficient (Wildman–Crippen LogP) is 2.16. The Hall–Kier alpha value is -1.04. The number of rotatable bonds is 5. The van der Waals surface area contributed by atoms with Crippen LogP contribution in [-0.2, 0) is 4.79 Å². The van der Waals surface area contributed by atoms with Gasteiger partial charge < -0.3 is 11.1 Å². The van der Waals surface area contributed by atoms with Crippen molar-refractivity contribution < 1.29 is 4.79 Å². The van der Waals surface area contributed by atoms with E-state index in [2.05, 4.69) is 17.1 Å². The zero-order chi connectivity index (χ0) is 14.4. The van der Waals surface area contributed by atoms with Crippen molar-refractivity contribution in [1.29, 1.82) is 0 Å². The number of piperidine rings is 1. The lowest BCUT2D eigenvalue weighted by molar-refractivity contribution is -0.117. The van der Waals surface area contributed by atoms with E-state index in [1.54, 1.807) is 11.8 Å². The summed E-state index contributed by atoms with van der Waals surface area (Å²) in [5.74, 6) is 1.06. The van der Waals surface area contributed by atoms with E-state index in [1.807, 2.05) is 24.3 Å². The number of nitrogens with one attached hydrogen (secondary N) is 1. The van der Waals surface area contributed by atoms with Crippen LogP contribution in [0.25, 0.3) is 0 Å². The topological polar surface area (TPSA) is 58.4 Å². The van der Waals surface area contributed by atoms with E-state index < -0.39 is 0 Å². The lowest BCUT2D eigenvalue weighted by Gasteiger charge is -2.29. The number of nitrogens with zero attached hydrogens (tertiary/aromatic N) is 1. The second-order valence-electron chi connectivity index (χ2n) is 5.09. The molecule has 0 aliphatic carbocycles. The molecule has 1 saturated heterocycles. The van der Waals surface area contributed by atoms with E-state index in [9.17, 15) is 4.79 Å². The summed E-state index contributed by atoms with van der Waals surface area (Å²) in [6.45, 7) is 4.40. The van der Waals surface area contributed by atoms with E-state index in [0.717, 1.165) is 42.3 Å². The number of likely N-dealkylation sites (tertiary alicyclic amines) is 1. The molecule has 0 aromatic heterocycles. The number of carbonyl (C=O) groups excluding carboxylic acids is 1. The van der Waals surface area contributed by atoms with Crippen LogP contribution in [0.1, 0.15) is 19.8 Å². The van der Waals surface area contributed by atoms with E-state index in [0.29, 0.717) is 12.6 Å². The van der Waals surface area contributed by atoms with Gasteiger partial charge in [0.05, 0.1) is 12.2 Å². The fourth-order valence-corrected chi connectivity index (χ4v) is 3.12. The van der Waals surface area contributed by atoms with Crippen molar-refractivity contribution in [3.63, 3.8) is 0 Å². The molecule has 5 heteroatoms. The Morgan fingerprint density at radius 2 is 2.10 bits per heavy atom. The van der Waals surface area contributed by atoms with Gasteiger partial charge >= 0.3 is 0 Å². The number of nitrogens with two attached hydrogens (primary N) is 1. The van der Waals surface area contributed by atoms with Crippen LogP contribution in [0.5, 0.6) is 0 Å². The number of thioether (sulfide) groups is 1. The van der Waals surface area contributed by atoms with E-state index in [1.165, 1.54) is 0 Å². The SMILES string of the molecule is CCSc1ccccc1NC(=O)CN1CCC(N)CC1. The number of carbonyl (C=O) groups is 1. The van der Waals surface area contributed by atoms with E-state index >= 15 is 0 Å². The third-order valence-corrected chi connectivity index (χ3v) is 4.42. The van der Waals surface area contributed by atoms with Gasteiger partial charge in [-0.15, -0.1) is 11.8 Å². The highest BCUT2D eigenvalue weighted by molar-refractivity contribution is 7.99. The third kappa shape index (κ3) is 4.51. The highest BCUT2D eigenvalue weighted by Gasteiger charge is 2.18. The molecule has 20 heavy (non-hydrogen) atoms. The van der Waals surface area contributed by atoms with Crippen molar-refractivity contribution in [3.05, 3.63) is 24.3 Å². The molecular weight excluding hydrogens is 270 g/mol. The van der Waals surface area contributed by atoms with Crippen molar-refractivity contribution in [2.24, 2.45) is 5.73 Å². The molecule has 0 atom stereocenters. The molecule has 3 N–H and O–H groups in total. The van der Waals surface area contributed by atoms with Crippen molar-refractivity contribution in [3.8, 4) is 0 Å². The van der Waals surface area contributed by atoms with Gasteiger partial charge in [-0.05, 0) is 30.7 Å². The summed E-state index contributed by atoms with van der Waals surface area (Å²) in [5, 5.41) is 3.02. The smallest absolute Gasteiger partial charge is 0.238 e. The average Bonchev–Trinajstić information content (AvgIpc) is 2.44. The van der Waals surface area contributed by atoms with Crippen molar-refractivity contribution in [1.82, 2.24) is 4.90 Å². The first kappa shape index (κ1) is 15.4. The largest absolute Gasteiger partial charge is 0.328 e. The maximum absolute atomic E-state index is 12.1. The second-order valence-corrected chi connectivity index (χ2v) is 6.40. The normalized spacial score (nSPS) is 17.1. The molecule has 1 fully saturated rings. The van der Waals surface area contributed by atoms with Crippen LogP contribution in [0, 0.1) is 0 Å². The molecule has 1 aliphatic heterocycles. The summed E-state index contributed by atoms with van der Waals surface area (Å²) < 4.78 is 0. The molecular formula is C15H23N3OS. The summed E-state index contributed by atoms with van der Waals surface area (Å²) in [4.78, 5) is 15.4. The van der Waals surface area contributed by atoms with Crippen molar-refractivity contribution >= 4 is 23.4 Å². The van der Waals surface area contributed by atoms with Gasteiger partial charge in [0.25, 0.3) is 0 Å². The highest BCUT2D eigenvalue weighted by Crippen LogP contribution is 2.26. The highest BCUT2D eigenvalue weighted by atomic mass is 32.2. The van der Waals surface area contributed by atoms with Gasteiger partial charge in [0.2, 0.25) is 5.91 Å². The monoisotopic (exact) mass is 293 g/mol. The third-order valence-electron chi connectivity index (χ3n) is 3.46. The molecule has 1 amide bonds. The molecule has 1 aromatic carbocycles. The molecule has 4 nitrogen and oxygen atoms in total. The fourth-order valence-electron chi connectivity index (χ4n) is 2.36. The minimum absolute atomic E-state index is 0.0598. The summed E-state index contributed by atoms with van der Waals surface area (Å²) in [6.07, 6.45) is 1.96. The molecule has 1 heterocycles. The van der Waals surface area contributed by atoms with E-state index in [4.69, 9.17) is 5.73 Å². The molecule has 0 unspecified atom stereocenters. The number of para-hydroxylation sites is 1. The molecule has 0 spiro atoms. The quantitative estimate of drug-likeness (QED) is 0.817. The minimum atomic E-state index is 0.0598. The number of hydrogen-bond acceptors (Lipinski definition) is 4. The standard InChI is InChI=1S/C15H23N3OS/c1-2-20-14-6-4-3-5-13(14)17-15(19)11-18-9-7-12(16)8-10-18/h3-6,12H,2,7-11,16H2,1H3,(H,17,19). The average molecular weight is 293 g/mol. The molecule has 2 rings (SSSR count). The number of hydrogen-bond donors (Lipinski definition) is 2. The van der Waals surface area contributed by atoms with Gasteiger partial charge in [-0.2, -0.15) is 0 Å². The first-order valence-corrected chi connectivity index (χ1v) is 8.17. The second kappa shape index (κ2) is 7.67. The van der Waals surface area contributed by atoms with Crippen LogP contribution >= 0.6 is 11.8 Å². The van der Waals surface area contributed by atoms with Gasteiger partial charge in [-0.25, -0.2) is 0 Å². The van der Waals surface area contributed by atoms with Gasteiger partial charge in [-0.1, -0.05) is 19.1 Å². The Kier molecular flexibility index (Phi) is 5.88. The molecule has 1 aliphatic rings. The first-order chi connectivity index (χ1) is 9.69. The Labute approximate surface area is 125 Å². The Morgan fingerprint density at radius 3 is 2.80 bits per heavy atom. The van der Waals surface area contributed by atoms with Crippen LogP contribution in [0.15, 0.2) is 29.2 Å². The van der Waals surface area contributed by atoms with Gasteiger partial charge in [0.15, 0.2) is 0 Å². The van der Waals surface area contributed by atoms with Crippen molar-refractivity contribution in [2.45, 2.75) is 30.7 Å². The van der Waals surface area contributed by atoms with Crippen LogP contribution in [0.3, 0.4) is 0 Å². The Balaban J connectivity index is 1.88. The van der Waals surface area contributed by atoms with E-state index in [-0.39, 0.29) is 5.91 Å². The molecule has 1 aromatic rings. The predicted molar refractivity (Wildman–Crippen MR) is 85.1 cm³/mol. The molecule has 0 radical (unpaired) electrons.